The van der Waals surface area contributed by atoms with Crippen LogP contribution in [0.4, 0.5) is 0 Å². The van der Waals surface area contributed by atoms with Crippen LogP contribution < -0.4 is 10.6 Å². The highest BCUT2D eigenvalue weighted by Gasteiger charge is 2.09. The number of aromatic hydroxyl groups is 1. The summed E-state index contributed by atoms with van der Waals surface area (Å²) >= 11 is 6.05. The standard InChI is InChI=1S/C18H19ClN2O3/c1-12-3-8-15(16(19)11-12)18(24)21-10-2-9-20-17(23)13-4-6-14(22)7-5-13/h3-8,11,22H,2,9-10H2,1H3,(H,20,23)(H,21,24). The van der Waals surface area contributed by atoms with Crippen molar-refractivity contribution in [3.05, 3.63) is 64.2 Å². The van der Waals surface area contributed by atoms with Crippen LogP contribution in [-0.4, -0.2) is 30.0 Å². The lowest BCUT2D eigenvalue weighted by Crippen LogP contribution is -2.30. The van der Waals surface area contributed by atoms with E-state index in [1.807, 2.05) is 13.0 Å². The highest BCUT2D eigenvalue weighted by molar-refractivity contribution is 6.33. The average Bonchev–Trinajstić information content (AvgIpc) is 2.54. The summed E-state index contributed by atoms with van der Waals surface area (Å²) in [6.07, 6.45) is 0.596. The summed E-state index contributed by atoms with van der Waals surface area (Å²) in [7, 11) is 0. The number of nitrogens with one attached hydrogen (secondary N) is 2. The third kappa shape index (κ3) is 4.99. The molecule has 0 spiro atoms. The number of aryl methyl sites for hydroxylation is 1. The van der Waals surface area contributed by atoms with Crippen molar-refractivity contribution in [1.29, 1.82) is 0 Å². The molecule has 0 saturated heterocycles. The van der Waals surface area contributed by atoms with Crippen molar-refractivity contribution in [2.75, 3.05) is 13.1 Å². The molecule has 2 rings (SSSR count). The lowest BCUT2D eigenvalue weighted by Gasteiger charge is -2.08. The molecule has 0 atom stereocenters. The molecule has 5 nitrogen and oxygen atoms in total. The van der Waals surface area contributed by atoms with Gasteiger partial charge in [-0.05, 0) is 55.3 Å². The smallest absolute Gasteiger partial charge is 0.252 e. The molecule has 0 heterocycles. The molecule has 0 aliphatic carbocycles. The van der Waals surface area contributed by atoms with Gasteiger partial charge in [-0.2, -0.15) is 0 Å². The van der Waals surface area contributed by atoms with Gasteiger partial charge in [-0.15, -0.1) is 0 Å². The first-order valence-electron chi connectivity index (χ1n) is 7.59. The molecule has 2 aromatic carbocycles. The van der Waals surface area contributed by atoms with E-state index < -0.39 is 0 Å². The zero-order chi connectivity index (χ0) is 17.5. The number of phenols is 1. The van der Waals surface area contributed by atoms with Crippen LogP contribution in [0.5, 0.6) is 5.75 Å². The number of carbonyl (C=O) groups is 2. The van der Waals surface area contributed by atoms with E-state index in [1.54, 1.807) is 24.3 Å². The number of hydrogen-bond acceptors (Lipinski definition) is 3. The largest absolute Gasteiger partial charge is 0.508 e. The van der Waals surface area contributed by atoms with Crippen molar-refractivity contribution in [2.45, 2.75) is 13.3 Å². The van der Waals surface area contributed by atoms with Gasteiger partial charge >= 0.3 is 0 Å². The Bertz CT molecular complexity index is 730. The SMILES string of the molecule is Cc1ccc(C(=O)NCCCNC(=O)c2ccc(O)cc2)c(Cl)c1. The van der Waals surface area contributed by atoms with Gasteiger partial charge in [0.15, 0.2) is 0 Å². The van der Waals surface area contributed by atoms with Gasteiger partial charge in [0.05, 0.1) is 10.6 Å². The van der Waals surface area contributed by atoms with E-state index in [0.29, 0.717) is 35.7 Å². The molecule has 0 fully saturated rings. The number of hydrogen-bond donors (Lipinski definition) is 3. The summed E-state index contributed by atoms with van der Waals surface area (Å²) < 4.78 is 0. The van der Waals surface area contributed by atoms with Gasteiger partial charge in [0, 0.05) is 18.7 Å². The van der Waals surface area contributed by atoms with E-state index in [4.69, 9.17) is 11.6 Å². The van der Waals surface area contributed by atoms with E-state index in [0.717, 1.165) is 5.56 Å². The van der Waals surface area contributed by atoms with Crippen LogP contribution in [0, 0.1) is 6.92 Å². The Labute approximate surface area is 145 Å². The van der Waals surface area contributed by atoms with Crippen molar-refractivity contribution < 1.29 is 14.7 Å². The molecule has 0 bridgehead atoms. The van der Waals surface area contributed by atoms with Crippen molar-refractivity contribution in [2.24, 2.45) is 0 Å². The van der Waals surface area contributed by atoms with Crippen LogP contribution in [0.3, 0.4) is 0 Å². The monoisotopic (exact) mass is 346 g/mol. The lowest BCUT2D eigenvalue weighted by molar-refractivity contribution is 0.0952. The van der Waals surface area contributed by atoms with Crippen molar-refractivity contribution in [1.82, 2.24) is 10.6 Å². The van der Waals surface area contributed by atoms with Gasteiger partial charge in [-0.1, -0.05) is 17.7 Å². The van der Waals surface area contributed by atoms with Crippen LogP contribution in [0.15, 0.2) is 42.5 Å². The number of halogens is 1. The molecule has 0 saturated carbocycles. The summed E-state index contributed by atoms with van der Waals surface area (Å²) in [5.74, 6) is -0.336. The number of carbonyl (C=O) groups excluding carboxylic acids is 2. The van der Waals surface area contributed by atoms with Gasteiger partial charge < -0.3 is 15.7 Å². The van der Waals surface area contributed by atoms with Gasteiger partial charge in [0.2, 0.25) is 0 Å². The maximum absolute atomic E-state index is 12.0. The predicted molar refractivity (Wildman–Crippen MR) is 93.6 cm³/mol. The second kappa shape index (κ2) is 8.36. The number of rotatable bonds is 6. The summed E-state index contributed by atoms with van der Waals surface area (Å²) in [6, 6.07) is 11.3. The molecule has 0 aromatic heterocycles. The fourth-order valence-electron chi connectivity index (χ4n) is 2.11. The maximum atomic E-state index is 12.0. The molecule has 2 aromatic rings. The topological polar surface area (TPSA) is 78.4 Å². The zero-order valence-corrected chi connectivity index (χ0v) is 14.1. The quantitative estimate of drug-likeness (QED) is 0.704. The highest BCUT2D eigenvalue weighted by atomic mass is 35.5. The third-order valence-electron chi connectivity index (χ3n) is 3.42. The Hall–Kier alpha value is -2.53. The minimum Gasteiger partial charge on any atom is -0.508 e. The van der Waals surface area contributed by atoms with E-state index >= 15 is 0 Å². The number of amides is 2. The Morgan fingerprint density at radius 3 is 2.25 bits per heavy atom. The summed E-state index contributed by atoms with van der Waals surface area (Å²) in [4.78, 5) is 23.9. The normalized spacial score (nSPS) is 10.2. The van der Waals surface area contributed by atoms with Crippen LogP contribution in [0.2, 0.25) is 5.02 Å². The second-order valence-electron chi connectivity index (χ2n) is 5.40. The van der Waals surface area contributed by atoms with Crippen molar-refractivity contribution in [3.8, 4) is 5.75 Å². The first-order valence-corrected chi connectivity index (χ1v) is 7.97. The molecule has 3 N–H and O–H groups in total. The Morgan fingerprint density at radius 2 is 1.62 bits per heavy atom. The van der Waals surface area contributed by atoms with Crippen molar-refractivity contribution in [3.63, 3.8) is 0 Å². The van der Waals surface area contributed by atoms with Crippen LogP contribution in [0.1, 0.15) is 32.7 Å². The highest BCUT2D eigenvalue weighted by Crippen LogP contribution is 2.17. The molecule has 126 valence electrons. The van der Waals surface area contributed by atoms with Gasteiger partial charge in [0.25, 0.3) is 11.8 Å². The van der Waals surface area contributed by atoms with Gasteiger partial charge in [0.1, 0.15) is 5.75 Å². The minimum atomic E-state index is -0.232. The van der Waals surface area contributed by atoms with E-state index in [-0.39, 0.29) is 17.6 Å². The lowest BCUT2D eigenvalue weighted by atomic mass is 10.1. The van der Waals surface area contributed by atoms with Gasteiger partial charge in [-0.3, -0.25) is 9.59 Å². The summed E-state index contributed by atoms with van der Waals surface area (Å²) in [5, 5.41) is 15.1. The Morgan fingerprint density at radius 1 is 1.00 bits per heavy atom. The van der Waals surface area contributed by atoms with Crippen molar-refractivity contribution >= 4 is 23.4 Å². The minimum absolute atomic E-state index is 0.115. The summed E-state index contributed by atoms with van der Waals surface area (Å²) in [5.41, 5.74) is 1.91. The fourth-order valence-corrected chi connectivity index (χ4v) is 2.43. The predicted octanol–water partition coefficient (Wildman–Crippen LogP) is 2.90. The Kier molecular flexibility index (Phi) is 6.21. The molecule has 24 heavy (non-hydrogen) atoms. The molecule has 0 aliphatic heterocycles. The fraction of sp³-hybridized carbons (Fsp3) is 0.222. The van der Waals surface area contributed by atoms with E-state index in [9.17, 15) is 14.7 Å². The van der Waals surface area contributed by atoms with Crippen LogP contribution in [-0.2, 0) is 0 Å². The second-order valence-corrected chi connectivity index (χ2v) is 5.80. The third-order valence-corrected chi connectivity index (χ3v) is 3.74. The summed E-state index contributed by atoms with van der Waals surface area (Å²) in [6.45, 7) is 2.77. The molecule has 6 heteroatoms. The van der Waals surface area contributed by atoms with E-state index in [1.165, 1.54) is 12.1 Å². The van der Waals surface area contributed by atoms with Gasteiger partial charge in [-0.25, -0.2) is 0 Å². The number of phenolic OH excluding ortho intramolecular Hbond substituents is 1. The average molecular weight is 347 g/mol. The zero-order valence-electron chi connectivity index (χ0n) is 13.3. The molecule has 0 unspecified atom stereocenters. The number of benzene rings is 2. The van der Waals surface area contributed by atoms with Crippen LogP contribution >= 0.6 is 11.6 Å². The molecular weight excluding hydrogens is 328 g/mol. The first kappa shape index (κ1) is 17.8. The Balaban J connectivity index is 1.72. The maximum Gasteiger partial charge on any atom is 0.252 e. The van der Waals surface area contributed by atoms with E-state index in [2.05, 4.69) is 10.6 Å². The van der Waals surface area contributed by atoms with Crippen LogP contribution in [0.25, 0.3) is 0 Å². The molecule has 0 radical (unpaired) electrons. The first-order chi connectivity index (χ1) is 11.5. The molecular formula is C18H19ClN2O3. The molecule has 2 amide bonds. The molecule has 0 aliphatic rings.